The highest BCUT2D eigenvalue weighted by molar-refractivity contribution is 6.17. The van der Waals surface area contributed by atoms with E-state index in [1.807, 2.05) is 109 Å². The van der Waals surface area contributed by atoms with E-state index in [4.69, 9.17) is 15.0 Å². The second-order valence-electron chi connectivity index (χ2n) is 11.7. The van der Waals surface area contributed by atoms with Crippen LogP contribution in [-0.4, -0.2) is 28.5 Å². The van der Waals surface area contributed by atoms with Gasteiger partial charge >= 0.3 is 0 Å². The topological polar surface area (TPSA) is 70.0 Å². The first-order valence-electron chi connectivity index (χ1n) is 15.5. The molecule has 0 N–H and O–H groups in total. The molecule has 47 heavy (non-hydrogen) atoms. The van der Waals surface area contributed by atoms with Gasteiger partial charge in [0.2, 0.25) is 11.7 Å². The number of nitrogens with zero attached hydrogens (tertiary/aromatic N) is 6. The van der Waals surface area contributed by atoms with Crippen molar-refractivity contribution in [3.8, 4) is 22.9 Å². The molecule has 0 aliphatic carbocycles. The van der Waals surface area contributed by atoms with Gasteiger partial charge < -0.3 is 0 Å². The zero-order valence-electron chi connectivity index (χ0n) is 24.9. The van der Waals surface area contributed by atoms with Gasteiger partial charge in [0, 0.05) is 27.4 Å². The van der Waals surface area contributed by atoms with Crippen LogP contribution in [0, 0.1) is 0 Å². The zero-order valence-corrected chi connectivity index (χ0v) is 24.9. The molecular formula is C40H24N6O. The van der Waals surface area contributed by atoms with Gasteiger partial charge in [-0.05, 0) is 48.5 Å². The maximum Gasteiger partial charge on any atom is 0.267 e. The summed E-state index contributed by atoms with van der Waals surface area (Å²) in [6, 6.07) is 48.5. The molecule has 7 nitrogen and oxygen atoms in total. The Balaban J connectivity index is 1.42. The fourth-order valence-corrected chi connectivity index (χ4v) is 7.04. The summed E-state index contributed by atoms with van der Waals surface area (Å²) in [5, 5.41) is 3.62. The number of para-hydroxylation sites is 4. The first kappa shape index (κ1) is 25.7. The zero-order chi connectivity index (χ0) is 31.1. The molecule has 6 aromatic carbocycles. The lowest BCUT2D eigenvalue weighted by Gasteiger charge is -2.14. The van der Waals surface area contributed by atoms with Crippen LogP contribution in [0.25, 0.3) is 83.3 Å². The molecule has 0 amide bonds. The lowest BCUT2D eigenvalue weighted by atomic mass is 10.1. The van der Waals surface area contributed by atoms with E-state index >= 15 is 0 Å². The van der Waals surface area contributed by atoms with Crippen molar-refractivity contribution in [2.45, 2.75) is 0 Å². The van der Waals surface area contributed by atoms with Gasteiger partial charge in [0.1, 0.15) is 5.52 Å². The molecule has 0 radical (unpaired) electrons. The van der Waals surface area contributed by atoms with Crippen LogP contribution < -0.4 is 5.56 Å². The number of hydrogen-bond acceptors (Lipinski definition) is 4. The largest absolute Gasteiger partial charge is 0.279 e. The van der Waals surface area contributed by atoms with Crippen LogP contribution in [0.1, 0.15) is 0 Å². The standard InChI is InChI=1S/C40H24N6O/c47-38-30-19-9-12-22-34(30)44(26-15-5-2-6-16-26)40-42-32-24-23-28-27-17-8-11-21-33(27)45(36(28)37(32)46(38)40)39-41-31-20-10-7-18-29(31)35(43-39)25-13-3-1-4-14-25/h1-24H. The van der Waals surface area contributed by atoms with E-state index < -0.39 is 0 Å². The van der Waals surface area contributed by atoms with Gasteiger partial charge in [0.25, 0.3) is 5.56 Å². The van der Waals surface area contributed by atoms with Gasteiger partial charge in [0.05, 0.1) is 38.7 Å². The lowest BCUT2D eigenvalue weighted by molar-refractivity contribution is 1.00. The van der Waals surface area contributed by atoms with Crippen molar-refractivity contribution in [2.24, 2.45) is 0 Å². The Morgan fingerprint density at radius 2 is 1.09 bits per heavy atom. The Labute approximate surface area is 267 Å². The second kappa shape index (κ2) is 9.70. The van der Waals surface area contributed by atoms with Crippen molar-refractivity contribution in [2.75, 3.05) is 0 Å². The quantitative estimate of drug-likeness (QED) is 0.203. The molecule has 0 aliphatic heterocycles. The highest BCUT2D eigenvalue weighted by Crippen LogP contribution is 2.37. The van der Waals surface area contributed by atoms with Crippen molar-refractivity contribution < 1.29 is 0 Å². The summed E-state index contributed by atoms with van der Waals surface area (Å²) in [7, 11) is 0. The number of imidazole rings is 1. The number of aromatic nitrogens is 6. The molecule has 7 heteroatoms. The molecule has 0 aliphatic rings. The molecule has 0 fully saturated rings. The highest BCUT2D eigenvalue weighted by atomic mass is 16.1. The van der Waals surface area contributed by atoms with Crippen LogP contribution >= 0.6 is 0 Å². The Kier molecular flexibility index (Phi) is 5.30. The molecule has 4 aromatic heterocycles. The average molecular weight is 605 g/mol. The monoisotopic (exact) mass is 604 g/mol. The second-order valence-corrected chi connectivity index (χ2v) is 11.7. The third kappa shape index (κ3) is 3.62. The van der Waals surface area contributed by atoms with Crippen LogP contribution in [0.3, 0.4) is 0 Å². The Morgan fingerprint density at radius 1 is 0.447 bits per heavy atom. The maximum atomic E-state index is 14.5. The normalized spacial score (nSPS) is 11.9. The lowest BCUT2D eigenvalue weighted by Crippen LogP contribution is -2.18. The van der Waals surface area contributed by atoms with Crippen LogP contribution in [0.2, 0.25) is 0 Å². The number of fused-ring (bicyclic) bond motifs is 9. The predicted molar refractivity (Wildman–Crippen MR) is 189 cm³/mol. The third-order valence-electron chi connectivity index (χ3n) is 9.06. The molecule has 220 valence electrons. The summed E-state index contributed by atoms with van der Waals surface area (Å²) in [4.78, 5) is 30.1. The first-order valence-corrected chi connectivity index (χ1v) is 15.5. The molecule has 0 saturated carbocycles. The Morgan fingerprint density at radius 3 is 1.87 bits per heavy atom. The SMILES string of the molecule is O=c1c2ccccc2n(-c2ccccc2)c2nc3ccc4c5ccccc5n(-c5nc(-c6ccccc6)c6ccccc6n5)c4c3n12. The van der Waals surface area contributed by atoms with Gasteiger partial charge in [-0.1, -0.05) is 97.1 Å². The molecule has 0 spiro atoms. The van der Waals surface area contributed by atoms with Gasteiger partial charge in [-0.15, -0.1) is 0 Å². The van der Waals surface area contributed by atoms with E-state index in [-0.39, 0.29) is 5.56 Å². The van der Waals surface area contributed by atoms with Crippen LogP contribution in [0.15, 0.2) is 150 Å². The van der Waals surface area contributed by atoms with Crippen molar-refractivity contribution in [3.05, 3.63) is 156 Å². The molecule has 10 rings (SSSR count). The molecule has 0 bridgehead atoms. The van der Waals surface area contributed by atoms with E-state index in [0.717, 1.165) is 55.2 Å². The van der Waals surface area contributed by atoms with Crippen molar-refractivity contribution in [1.29, 1.82) is 0 Å². The van der Waals surface area contributed by atoms with Crippen LogP contribution in [0.5, 0.6) is 0 Å². The molecule has 0 atom stereocenters. The fraction of sp³-hybridized carbons (Fsp3) is 0. The van der Waals surface area contributed by atoms with Crippen molar-refractivity contribution in [3.63, 3.8) is 0 Å². The minimum atomic E-state index is -0.126. The fourth-order valence-electron chi connectivity index (χ4n) is 7.04. The van der Waals surface area contributed by atoms with Gasteiger partial charge in [-0.2, -0.15) is 0 Å². The third-order valence-corrected chi connectivity index (χ3v) is 9.06. The summed E-state index contributed by atoms with van der Waals surface area (Å²) in [5.41, 5.74) is 7.49. The van der Waals surface area contributed by atoms with E-state index in [1.54, 1.807) is 4.40 Å². The Bertz CT molecular complexity index is 2920. The van der Waals surface area contributed by atoms with Crippen LogP contribution in [0.4, 0.5) is 0 Å². The van der Waals surface area contributed by atoms with Gasteiger partial charge in [0.15, 0.2) is 0 Å². The number of rotatable bonds is 3. The molecule has 4 heterocycles. The van der Waals surface area contributed by atoms with E-state index in [2.05, 4.69) is 45.5 Å². The number of benzene rings is 6. The summed E-state index contributed by atoms with van der Waals surface area (Å²) in [6.07, 6.45) is 0. The van der Waals surface area contributed by atoms with E-state index in [9.17, 15) is 4.79 Å². The number of hydrogen-bond donors (Lipinski definition) is 0. The smallest absolute Gasteiger partial charge is 0.267 e. The molecule has 0 saturated heterocycles. The van der Waals surface area contributed by atoms with E-state index in [1.165, 1.54) is 0 Å². The van der Waals surface area contributed by atoms with Gasteiger partial charge in [-0.25, -0.2) is 19.4 Å². The first-order chi connectivity index (χ1) is 23.3. The molecule has 0 unspecified atom stereocenters. The van der Waals surface area contributed by atoms with Crippen molar-refractivity contribution >= 4 is 60.4 Å². The minimum Gasteiger partial charge on any atom is -0.279 e. The molecule has 10 aromatic rings. The van der Waals surface area contributed by atoms with Gasteiger partial charge in [-0.3, -0.25) is 13.9 Å². The van der Waals surface area contributed by atoms with Crippen molar-refractivity contribution in [1.82, 2.24) is 28.5 Å². The summed E-state index contributed by atoms with van der Waals surface area (Å²) < 4.78 is 5.93. The minimum absolute atomic E-state index is 0.126. The summed E-state index contributed by atoms with van der Waals surface area (Å²) in [5.74, 6) is 1.07. The maximum absolute atomic E-state index is 14.5. The predicted octanol–water partition coefficient (Wildman–Crippen LogP) is 8.50. The Hall–Kier alpha value is -6.60. The van der Waals surface area contributed by atoms with Crippen LogP contribution in [-0.2, 0) is 0 Å². The summed E-state index contributed by atoms with van der Waals surface area (Å²) >= 11 is 0. The highest BCUT2D eigenvalue weighted by Gasteiger charge is 2.24. The summed E-state index contributed by atoms with van der Waals surface area (Å²) in [6.45, 7) is 0. The average Bonchev–Trinajstić information content (AvgIpc) is 3.68. The van der Waals surface area contributed by atoms with E-state index in [0.29, 0.717) is 28.1 Å². The molecular weight excluding hydrogens is 580 g/mol.